The molecular formula is C22H39IN4O3S. The van der Waals surface area contributed by atoms with Gasteiger partial charge in [-0.25, -0.2) is 13.1 Å². The standard InChI is InChI=1S/C22H38N4O3S.HI/c1-4-5-6-7-9-18(2)26-22(23-3)24-16-19-11-13-21(14-12-19)30(27,28)25-17-20-10-8-15-29-20;/h11-14,18,20,25H,4-10,15-17H2,1-3H3,(H2,23,24,26);1H. The number of nitrogens with zero attached hydrogens (tertiary/aromatic N) is 1. The van der Waals surface area contributed by atoms with Gasteiger partial charge in [0.05, 0.1) is 11.0 Å². The first-order valence-electron chi connectivity index (χ1n) is 11.1. The number of guanidine groups is 1. The quantitative estimate of drug-likeness (QED) is 0.155. The molecule has 1 saturated heterocycles. The van der Waals surface area contributed by atoms with Crippen molar-refractivity contribution in [1.29, 1.82) is 0 Å². The van der Waals surface area contributed by atoms with E-state index in [4.69, 9.17) is 4.74 Å². The van der Waals surface area contributed by atoms with Crippen molar-refractivity contribution in [2.24, 2.45) is 4.99 Å². The Morgan fingerprint density at radius 1 is 1.23 bits per heavy atom. The molecule has 31 heavy (non-hydrogen) atoms. The molecule has 1 heterocycles. The van der Waals surface area contributed by atoms with Crippen LogP contribution in [0.25, 0.3) is 0 Å². The summed E-state index contributed by atoms with van der Waals surface area (Å²) in [6, 6.07) is 7.29. The predicted molar refractivity (Wildman–Crippen MR) is 138 cm³/mol. The first kappa shape index (κ1) is 28.1. The Labute approximate surface area is 205 Å². The van der Waals surface area contributed by atoms with E-state index >= 15 is 0 Å². The van der Waals surface area contributed by atoms with Gasteiger partial charge in [0, 0.05) is 32.8 Å². The van der Waals surface area contributed by atoms with E-state index < -0.39 is 10.0 Å². The average Bonchev–Trinajstić information content (AvgIpc) is 3.27. The normalized spacial score (nSPS) is 17.8. The third kappa shape index (κ3) is 10.5. The van der Waals surface area contributed by atoms with Gasteiger partial charge in [-0.1, -0.05) is 44.7 Å². The second-order valence-electron chi connectivity index (χ2n) is 7.95. The summed E-state index contributed by atoms with van der Waals surface area (Å²) < 4.78 is 33.0. The van der Waals surface area contributed by atoms with Gasteiger partial charge in [0.15, 0.2) is 5.96 Å². The van der Waals surface area contributed by atoms with Crippen LogP contribution < -0.4 is 15.4 Å². The monoisotopic (exact) mass is 566 g/mol. The zero-order valence-electron chi connectivity index (χ0n) is 19.0. The van der Waals surface area contributed by atoms with Crippen LogP contribution in [-0.2, 0) is 21.3 Å². The molecule has 7 nitrogen and oxygen atoms in total. The number of sulfonamides is 1. The van der Waals surface area contributed by atoms with Gasteiger partial charge in [-0.15, -0.1) is 24.0 Å². The molecule has 0 amide bonds. The molecular weight excluding hydrogens is 527 g/mol. The third-order valence-electron chi connectivity index (χ3n) is 5.32. The van der Waals surface area contributed by atoms with Gasteiger partial charge in [0.25, 0.3) is 0 Å². The van der Waals surface area contributed by atoms with Gasteiger partial charge in [-0.05, 0) is 43.9 Å². The molecule has 2 atom stereocenters. The number of unbranched alkanes of at least 4 members (excludes halogenated alkanes) is 3. The number of nitrogens with one attached hydrogen (secondary N) is 3. The van der Waals surface area contributed by atoms with Crippen molar-refractivity contribution >= 4 is 40.0 Å². The second kappa shape index (κ2) is 15.0. The molecule has 2 rings (SSSR count). The van der Waals surface area contributed by atoms with Gasteiger partial charge in [0.1, 0.15) is 0 Å². The number of ether oxygens (including phenoxy) is 1. The third-order valence-corrected chi connectivity index (χ3v) is 6.76. The molecule has 2 unspecified atom stereocenters. The molecule has 0 radical (unpaired) electrons. The minimum atomic E-state index is -3.52. The molecule has 3 N–H and O–H groups in total. The first-order chi connectivity index (χ1) is 14.4. The minimum absolute atomic E-state index is 0. The Morgan fingerprint density at radius 3 is 2.58 bits per heavy atom. The van der Waals surface area contributed by atoms with E-state index in [1.165, 1.54) is 25.7 Å². The fraction of sp³-hybridized carbons (Fsp3) is 0.682. The van der Waals surface area contributed by atoms with Crippen molar-refractivity contribution in [2.45, 2.75) is 82.4 Å². The van der Waals surface area contributed by atoms with Crippen molar-refractivity contribution < 1.29 is 13.2 Å². The highest BCUT2D eigenvalue weighted by Gasteiger charge is 2.20. The lowest BCUT2D eigenvalue weighted by Crippen LogP contribution is -2.41. The summed E-state index contributed by atoms with van der Waals surface area (Å²) in [5.41, 5.74) is 0.992. The largest absolute Gasteiger partial charge is 0.377 e. The van der Waals surface area contributed by atoms with Crippen molar-refractivity contribution in [1.82, 2.24) is 15.4 Å². The number of hydrogen-bond donors (Lipinski definition) is 3. The van der Waals surface area contributed by atoms with E-state index in [1.54, 1.807) is 19.2 Å². The van der Waals surface area contributed by atoms with Crippen LogP contribution in [0.15, 0.2) is 34.2 Å². The van der Waals surface area contributed by atoms with Crippen LogP contribution in [0.1, 0.15) is 64.4 Å². The van der Waals surface area contributed by atoms with E-state index in [0.717, 1.165) is 30.8 Å². The molecule has 1 aromatic rings. The van der Waals surface area contributed by atoms with E-state index in [2.05, 4.69) is 34.2 Å². The van der Waals surface area contributed by atoms with Crippen LogP contribution in [0.2, 0.25) is 0 Å². The van der Waals surface area contributed by atoms with Gasteiger partial charge in [-0.3, -0.25) is 4.99 Å². The maximum atomic E-state index is 12.4. The molecule has 1 fully saturated rings. The number of hydrogen-bond acceptors (Lipinski definition) is 4. The molecule has 9 heteroatoms. The summed E-state index contributed by atoms with van der Waals surface area (Å²) >= 11 is 0. The molecule has 0 bridgehead atoms. The Hall–Kier alpha value is -0.910. The summed E-state index contributed by atoms with van der Waals surface area (Å²) in [6.45, 7) is 6.00. The van der Waals surface area contributed by atoms with E-state index in [9.17, 15) is 8.42 Å². The van der Waals surface area contributed by atoms with Crippen LogP contribution in [0.3, 0.4) is 0 Å². The maximum absolute atomic E-state index is 12.4. The first-order valence-corrected chi connectivity index (χ1v) is 12.6. The van der Waals surface area contributed by atoms with Gasteiger partial charge >= 0.3 is 0 Å². The molecule has 0 saturated carbocycles. The van der Waals surface area contributed by atoms with Crippen LogP contribution in [0, 0.1) is 0 Å². The average molecular weight is 567 g/mol. The zero-order chi connectivity index (χ0) is 21.8. The Kier molecular flexibility index (Phi) is 13.6. The lowest BCUT2D eigenvalue weighted by Gasteiger charge is -2.18. The minimum Gasteiger partial charge on any atom is -0.377 e. The van der Waals surface area contributed by atoms with E-state index in [0.29, 0.717) is 25.7 Å². The molecule has 1 aliphatic heterocycles. The highest BCUT2D eigenvalue weighted by Crippen LogP contribution is 2.14. The van der Waals surface area contributed by atoms with Gasteiger partial charge < -0.3 is 15.4 Å². The molecule has 178 valence electrons. The lowest BCUT2D eigenvalue weighted by molar-refractivity contribution is 0.114. The van der Waals surface area contributed by atoms with Gasteiger partial charge in [0.2, 0.25) is 10.0 Å². The highest BCUT2D eigenvalue weighted by atomic mass is 127. The fourth-order valence-corrected chi connectivity index (χ4v) is 4.51. The zero-order valence-corrected chi connectivity index (χ0v) is 22.2. The molecule has 0 aromatic heterocycles. The summed E-state index contributed by atoms with van der Waals surface area (Å²) in [7, 11) is -1.76. The summed E-state index contributed by atoms with van der Waals surface area (Å²) in [6.07, 6.45) is 8.01. The van der Waals surface area contributed by atoms with E-state index in [-0.39, 0.29) is 35.0 Å². The van der Waals surface area contributed by atoms with Crippen LogP contribution >= 0.6 is 24.0 Å². The van der Waals surface area contributed by atoms with Crippen molar-refractivity contribution in [3.05, 3.63) is 29.8 Å². The summed E-state index contributed by atoms with van der Waals surface area (Å²) in [5, 5.41) is 6.71. The topological polar surface area (TPSA) is 91.8 Å². The number of rotatable bonds is 12. The van der Waals surface area contributed by atoms with E-state index in [1.807, 2.05) is 12.1 Å². The van der Waals surface area contributed by atoms with Crippen molar-refractivity contribution in [3.8, 4) is 0 Å². The van der Waals surface area contributed by atoms with Gasteiger partial charge in [-0.2, -0.15) is 0 Å². The van der Waals surface area contributed by atoms with Crippen LogP contribution in [0.5, 0.6) is 0 Å². The van der Waals surface area contributed by atoms with Crippen molar-refractivity contribution in [3.63, 3.8) is 0 Å². The molecule has 1 aromatic carbocycles. The number of benzene rings is 1. The molecule has 1 aliphatic rings. The predicted octanol–water partition coefficient (Wildman–Crippen LogP) is 3.79. The SMILES string of the molecule is CCCCCCC(C)NC(=NC)NCc1ccc(S(=O)(=O)NCC2CCCO2)cc1.I. The smallest absolute Gasteiger partial charge is 0.240 e. The molecule has 0 spiro atoms. The fourth-order valence-electron chi connectivity index (χ4n) is 3.44. The summed E-state index contributed by atoms with van der Waals surface area (Å²) in [5.74, 6) is 0.757. The number of halogens is 1. The second-order valence-corrected chi connectivity index (χ2v) is 9.72. The lowest BCUT2D eigenvalue weighted by atomic mass is 10.1. The Morgan fingerprint density at radius 2 is 1.97 bits per heavy atom. The summed E-state index contributed by atoms with van der Waals surface area (Å²) in [4.78, 5) is 4.55. The van der Waals surface area contributed by atoms with Crippen LogP contribution in [-0.4, -0.2) is 46.7 Å². The van der Waals surface area contributed by atoms with Crippen LogP contribution in [0.4, 0.5) is 0 Å². The highest BCUT2D eigenvalue weighted by molar-refractivity contribution is 14.0. The molecule has 0 aliphatic carbocycles. The Balaban J connectivity index is 0.00000480. The Bertz CT molecular complexity index is 751. The maximum Gasteiger partial charge on any atom is 0.240 e. The van der Waals surface area contributed by atoms with Crippen molar-refractivity contribution in [2.75, 3.05) is 20.2 Å². The number of aliphatic imine (C=N–C) groups is 1.